The fourth-order valence-electron chi connectivity index (χ4n) is 7.90. The smallest absolute Gasteiger partial charge is 0.475 e. The maximum atomic E-state index is 13.9. The van der Waals surface area contributed by atoms with Crippen LogP contribution >= 0.6 is 0 Å². The minimum Gasteiger partial charge on any atom is -0.475 e. The van der Waals surface area contributed by atoms with Gasteiger partial charge in [-0.1, -0.05) is 30.3 Å². The van der Waals surface area contributed by atoms with E-state index in [0.717, 1.165) is 46.0 Å². The van der Waals surface area contributed by atoms with Crippen molar-refractivity contribution in [3.05, 3.63) is 83.6 Å². The molecule has 2 heterocycles. The second-order valence-electron chi connectivity index (χ2n) is 19.3. The third kappa shape index (κ3) is 16.0. The van der Waals surface area contributed by atoms with E-state index in [4.69, 9.17) is 19.4 Å². The zero-order valence-electron chi connectivity index (χ0n) is 39.5. The Balaban J connectivity index is 0.00000114. The van der Waals surface area contributed by atoms with Crippen LogP contribution in [0.25, 0.3) is 22.0 Å². The Hall–Kier alpha value is -6.66. The van der Waals surface area contributed by atoms with E-state index in [1.165, 1.54) is 0 Å². The Labute approximate surface area is 393 Å². The molecule has 5 amide bonds. The summed E-state index contributed by atoms with van der Waals surface area (Å²) in [5.74, 6) is -3.41. The number of carbonyl (C=O) groups is 6. The van der Waals surface area contributed by atoms with Crippen molar-refractivity contribution < 1.29 is 56.5 Å². The van der Waals surface area contributed by atoms with E-state index in [9.17, 15) is 37.1 Å². The fourth-order valence-corrected chi connectivity index (χ4v) is 7.90. The molecular weight excluding hydrogens is 888 g/mol. The number of carboxylic acids is 1. The number of aryl methyl sites for hydroxylation is 1. The second-order valence-corrected chi connectivity index (χ2v) is 19.3. The topological polar surface area (TPSA) is 221 Å². The van der Waals surface area contributed by atoms with Crippen molar-refractivity contribution in [2.45, 2.75) is 123 Å². The lowest BCUT2D eigenvalue weighted by Gasteiger charge is -2.33. The Morgan fingerprint density at radius 2 is 1.47 bits per heavy atom. The molecule has 0 radical (unpaired) electrons. The third-order valence-corrected chi connectivity index (χ3v) is 11.4. The number of rotatable bonds is 11. The summed E-state index contributed by atoms with van der Waals surface area (Å²) in [5, 5.41) is 27.1. The van der Waals surface area contributed by atoms with Crippen molar-refractivity contribution in [3.63, 3.8) is 0 Å². The fraction of sp³-hybridized carbons (Fsp3) is 0.490. The first-order valence-electron chi connectivity index (χ1n) is 22.6. The van der Waals surface area contributed by atoms with Gasteiger partial charge in [-0.3, -0.25) is 19.5 Å². The standard InChI is InChI=1S/C47H61N7O7.C2HF3O2/c1-29-24-34(42(56)50-36-20-22-54(23-21-36)45(59)61-47(5,6)7)17-19-38(29)32-12-8-30(9-13-32)25-40(43(57)51-37-18-16-35-28-49-53-39(35)26-37)52-41(55)33-14-10-31(11-15-33)27-48-44(58)60-46(2,3)4;3-2(4,5)1(6)7/h8-9,12-13,16-19,24,26,28,31,33,36,40H,10-11,14-15,20-23,25,27H2,1-7H3,(H,48,58)(H,49,53)(H,50,56)(H,51,57)(H,52,55);(H,6,7)/t31-,33-,40-;/m0./s1. The number of hydrogen-bond donors (Lipinski definition) is 6. The third-order valence-electron chi connectivity index (χ3n) is 11.4. The molecule has 368 valence electrons. The molecule has 1 aliphatic heterocycles. The molecule has 16 nitrogen and oxygen atoms in total. The van der Waals surface area contributed by atoms with Gasteiger partial charge in [-0.05, 0) is 145 Å². The van der Waals surface area contributed by atoms with E-state index in [1.807, 2.05) is 109 Å². The molecule has 1 atom stereocenters. The number of H-pyrrole nitrogens is 1. The van der Waals surface area contributed by atoms with E-state index in [2.05, 4.69) is 31.5 Å². The minimum atomic E-state index is -5.08. The monoisotopic (exact) mass is 949 g/mol. The highest BCUT2D eigenvalue weighted by atomic mass is 19.4. The van der Waals surface area contributed by atoms with Gasteiger partial charge in [-0.25, -0.2) is 14.4 Å². The molecule has 6 rings (SSSR count). The van der Waals surface area contributed by atoms with Gasteiger partial charge in [-0.2, -0.15) is 18.3 Å². The molecule has 1 saturated carbocycles. The lowest BCUT2D eigenvalue weighted by atomic mass is 9.81. The summed E-state index contributed by atoms with van der Waals surface area (Å²) in [6.07, 6.45) is 0.294. The Morgan fingerprint density at radius 1 is 0.838 bits per heavy atom. The molecule has 4 aromatic rings. The summed E-state index contributed by atoms with van der Waals surface area (Å²) in [7, 11) is 0. The summed E-state index contributed by atoms with van der Waals surface area (Å²) in [5.41, 5.74) is 4.55. The largest absolute Gasteiger partial charge is 0.490 e. The predicted octanol–water partition coefficient (Wildman–Crippen LogP) is 8.30. The number of likely N-dealkylation sites (tertiary alicyclic amines) is 1. The van der Waals surface area contributed by atoms with Crippen LogP contribution in [0.5, 0.6) is 0 Å². The van der Waals surface area contributed by atoms with E-state index in [-0.39, 0.29) is 48.1 Å². The number of alkyl halides is 3. The normalized spacial score (nSPS) is 17.2. The number of aromatic amines is 1. The van der Waals surface area contributed by atoms with Gasteiger partial charge in [0.05, 0.1) is 11.7 Å². The molecule has 2 aliphatic rings. The van der Waals surface area contributed by atoms with Crippen molar-refractivity contribution in [1.82, 2.24) is 31.0 Å². The zero-order chi connectivity index (χ0) is 50.0. The predicted molar refractivity (Wildman–Crippen MR) is 249 cm³/mol. The van der Waals surface area contributed by atoms with E-state index in [0.29, 0.717) is 56.6 Å². The quantitative estimate of drug-likeness (QED) is 0.0844. The van der Waals surface area contributed by atoms with Crippen LogP contribution in [0, 0.1) is 18.8 Å². The van der Waals surface area contributed by atoms with Crippen LogP contribution < -0.4 is 21.3 Å². The number of anilines is 1. The minimum absolute atomic E-state index is 0.0377. The number of carboxylic acid groups (broad SMARTS) is 1. The Bertz CT molecular complexity index is 2410. The first-order valence-corrected chi connectivity index (χ1v) is 22.6. The zero-order valence-corrected chi connectivity index (χ0v) is 39.5. The number of hydrogen-bond acceptors (Lipinski definition) is 9. The van der Waals surface area contributed by atoms with Crippen LogP contribution in [-0.4, -0.2) is 105 Å². The van der Waals surface area contributed by atoms with Crippen LogP contribution in [0.1, 0.15) is 102 Å². The van der Waals surface area contributed by atoms with Crippen LogP contribution in [0.2, 0.25) is 0 Å². The molecule has 19 heteroatoms. The molecule has 0 bridgehead atoms. The van der Waals surface area contributed by atoms with Crippen molar-refractivity contribution in [2.24, 2.45) is 11.8 Å². The van der Waals surface area contributed by atoms with Crippen molar-refractivity contribution in [1.29, 1.82) is 0 Å². The van der Waals surface area contributed by atoms with Gasteiger partial charge in [-0.15, -0.1) is 0 Å². The number of alkyl carbamates (subject to hydrolysis) is 1. The van der Waals surface area contributed by atoms with Crippen molar-refractivity contribution in [3.8, 4) is 11.1 Å². The summed E-state index contributed by atoms with van der Waals surface area (Å²) in [4.78, 5) is 76.1. The number of nitrogens with zero attached hydrogens (tertiary/aromatic N) is 2. The van der Waals surface area contributed by atoms with Gasteiger partial charge in [0.2, 0.25) is 11.8 Å². The molecular formula is C49H62F3N7O9. The highest BCUT2D eigenvalue weighted by Gasteiger charge is 2.38. The summed E-state index contributed by atoms with van der Waals surface area (Å²) in [6.45, 7) is 14.5. The summed E-state index contributed by atoms with van der Waals surface area (Å²) < 4.78 is 42.6. The highest BCUT2D eigenvalue weighted by Crippen LogP contribution is 2.30. The molecule has 6 N–H and O–H groups in total. The number of fused-ring (bicyclic) bond motifs is 1. The number of nitrogens with one attached hydrogen (secondary N) is 5. The van der Waals surface area contributed by atoms with Crippen LogP contribution in [0.15, 0.2) is 66.9 Å². The second kappa shape index (κ2) is 22.4. The van der Waals surface area contributed by atoms with Gasteiger partial charge in [0, 0.05) is 54.7 Å². The number of carbonyl (C=O) groups excluding carboxylic acids is 5. The number of halogens is 3. The molecule has 0 unspecified atom stereocenters. The van der Waals surface area contributed by atoms with Crippen molar-refractivity contribution in [2.75, 3.05) is 25.0 Å². The Morgan fingerprint density at radius 3 is 2.06 bits per heavy atom. The maximum absolute atomic E-state index is 13.9. The lowest BCUT2D eigenvalue weighted by Crippen LogP contribution is -2.48. The molecule has 3 aromatic carbocycles. The first-order chi connectivity index (χ1) is 31.8. The lowest BCUT2D eigenvalue weighted by molar-refractivity contribution is -0.192. The van der Waals surface area contributed by atoms with Crippen LogP contribution in [0.3, 0.4) is 0 Å². The molecule has 1 aliphatic carbocycles. The number of aliphatic carboxylic acids is 1. The number of aromatic nitrogens is 2. The molecule has 0 spiro atoms. The molecule has 68 heavy (non-hydrogen) atoms. The van der Waals surface area contributed by atoms with Gasteiger partial charge >= 0.3 is 24.3 Å². The number of piperidine rings is 1. The van der Waals surface area contributed by atoms with Crippen molar-refractivity contribution >= 4 is 52.5 Å². The Kier molecular flexibility index (Phi) is 17.3. The van der Waals surface area contributed by atoms with E-state index < -0.39 is 35.5 Å². The number of benzene rings is 3. The van der Waals surface area contributed by atoms with Crippen LogP contribution in [-0.2, 0) is 30.3 Å². The number of ether oxygens (including phenoxy) is 2. The summed E-state index contributed by atoms with van der Waals surface area (Å²) in [6, 6.07) is 18.2. The molecule has 1 saturated heterocycles. The van der Waals surface area contributed by atoms with Gasteiger partial charge < -0.3 is 40.7 Å². The first kappa shape index (κ1) is 52.3. The highest BCUT2D eigenvalue weighted by molar-refractivity contribution is 5.99. The van der Waals surface area contributed by atoms with Gasteiger partial charge in [0.25, 0.3) is 5.91 Å². The van der Waals surface area contributed by atoms with E-state index >= 15 is 0 Å². The van der Waals surface area contributed by atoms with Gasteiger partial charge in [0.1, 0.15) is 17.2 Å². The van der Waals surface area contributed by atoms with Crippen LogP contribution in [0.4, 0.5) is 28.4 Å². The maximum Gasteiger partial charge on any atom is 0.490 e. The number of amides is 5. The van der Waals surface area contributed by atoms with Gasteiger partial charge in [0.15, 0.2) is 0 Å². The average Bonchev–Trinajstić information content (AvgIpc) is 3.73. The molecule has 1 aromatic heterocycles. The average molecular weight is 950 g/mol. The summed E-state index contributed by atoms with van der Waals surface area (Å²) >= 11 is 0. The molecule has 2 fully saturated rings. The van der Waals surface area contributed by atoms with E-state index in [1.54, 1.807) is 11.1 Å². The SMILES string of the molecule is Cc1cc(C(=O)NC2CCN(C(=O)OC(C)(C)C)CC2)ccc1-c1ccc(C[C@H](NC(=O)[C@H]2CC[C@H](CNC(=O)OC(C)(C)C)CC2)C(=O)Nc2ccc3cn[nH]c3c2)cc1.O=C(O)C(F)(F)F.